The summed E-state index contributed by atoms with van der Waals surface area (Å²) in [5.74, 6) is 0.782. The summed E-state index contributed by atoms with van der Waals surface area (Å²) < 4.78 is 0. The molecule has 1 aromatic carbocycles. The number of anilines is 1. The van der Waals surface area contributed by atoms with Crippen molar-refractivity contribution in [3.63, 3.8) is 0 Å². The maximum absolute atomic E-state index is 12.9. The lowest BCUT2D eigenvalue weighted by atomic mass is 9.90. The minimum atomic E-state index is 0.0167. The molecule has 204 valence electrons. The zero-order valence-corrected chi connectivity index (χ0v) is 25.3. The van der Waals surface area contributed by atoms with Crippen LogP contribution in [-0.4, -0.2) is 40.5 Å². The first-order valence-electron chi connectivity index (χ1n) is 14.0. The van der Waals surface area contributed by atoms with Crippen LogP contribution < -0.4 is 11.0 Å². The average Bonchev–Trinajstić information content (AvgIpc) is 2.91. The van der Waals surface area contributed by atoms with Crippen molar-refractivity contribution in [3.05, 3.63) is 64.8 Å². The molecule has 0 aliphatic carbocycles. The van der Waals surface area contributed by atoms with Crippen LogP contribution in [0.3, 0.4) is 0 Å². The highest BCUT2D eigenvalue weighted by molar-refractivity contribution is 7.28. The van der Waals surface area contributed by atoms with Gasteiger partial charge in [-0.05, 0) is 55.6 Å². The van der Waals surface area contributed by atoms with Gasteiger partial charge in [0, 0.05) is 54.4 Å². The van der Waals surface area contributed by atoms with Gasteiger partial charge in [-0.15, -0.1) is 9.24 Å². The Hall–Kier alpha value is -2.62. The van der Waals surface area contributed by atoms with Crippen LogP contribution in [0.15, 0.2) is 53.1 Å². The van der Waals surface area contributed by atoms with Gasteiger partial charge in [0.05, 0.1) is 11.7 Å². The summed E-state index contributed by atoms with van der Waals surface area (Å²) in [5.41, 5.74) is 14.9. The lowest BCUT2D eigenvalue weighted by Gasteiger charge is -2.31. The van der Waals surface area contributed by atoms with E-state index < -0.39 is 0 Å². The molecule has 1 saturated heterocycles. The minimum Gasteiger partial charge on any atom is -0.383 e. The van der Waals surface area contributed by atoms with Crippen molar-refractivity contribution >= 4 is 31.9 Å². The van der Waals surface area contributed by atoms with Gasteiger partial charge in [-0.25, -0.2) is 4.98 Å². The van der Waals surface area contributed by atoms with Gasteiger partial charge in [-0.2, -0.15) is 0 Å². The largest absolute Gasteiger partial charge is 0.383 e. The van der Waals surface area contributed by atoms with Gasteiger partial charge >= 0.3 is 0 Å². The third-order valence-electron chi connectivity index (χ3n) is 7.76. The van der Waals surface area contributed by atoms with Gasteiger partial charge < -0.3 is 5.73 Å². The molecule has 3 atom stereocenters. The Balaban J connectivity index is 1.80. The number of pyridine rings is 1. The van der Waals surface area contributed by atoms with Gasteiger partial charge in [0.25, 0.3) is 0 Å². The van der Waals surface area contributed by atoms with E-state index in [1.54, 1.807) is 0 Å². The van der Waals surface area contributed by atoms with Crippen LogP contribution in [0.2, 0.25) is 0 Å². The van der Waals surface area contributed by atoms with Gasteiger partial charge in [0.1, 0.15) is 5.82 Å². The van der Waals surface area contributed by atoms with E-state index in [0.29, 0.717) is 5.82 Å². The smallest absolute Gasteiger partial charge is 0.165 e. The Morgan fingerprint density at radius 3 is 2.55 bits per heavy atom. The highest BCUT2D eigenvalue weighted by atomic mass is 31.0. The molecule has 5 nitrogen and oxygen atoms in total. The van der Waals surface area contributed by atoms with E-state index >= 15 is 0 Å². The molecule has 1 aromatic heterocycles. The maximum Gasteiger partial charge on any atom is 0.165 e. The van der Waals surface area contributed by atoms with Crippen molar-refractivity contribution in [2.75, 3.05) is 18.8 Å². The zero-order chi connectivity index (χ0) is 28.0. The fourth-order valence-electron chi connectivity index (χ4n) is 5.09. The molecule has 1 fully saturated rings. The monoisotopic (exact) mass is 532 g/mol. The number of hydrogen-bond acceptors (Lipinski definition) is 5. The molecular weight excluding hydrogens is 487 g/mol. The summed E-state index contributed by atoms with van der Waals surface area (Å²) in [7, 11) is 2.84. The molecule has 1 unspecified atom stereocenters. The van der Waals surface area contributed by atoms with Crippen LogP contribution >= 0.6 is 9.24 Å². The number of benzene rings is 1. The number of rotatable bonds is 10. The van der Waals surface area contributed by atoms with E-state index in [4.69, 9.17) is 15.7 Å². The molecule has 38 heavy (non-hydrogen) atoms. The van der Waals surface area contributed by atoms with E-state index in [2.05, 4.69) is 73.5 Å². The standard InChI is InChI=1S/C32H45N4OP/c1-8-21(7)30(37)25-13-14-26(31(38)24(25)10-3)29-15-12-23(32(33)35-29)19-36-17-16-28(22(9-2)18-36)34-27(11-4)20(5)6/h9,12-15,21,27H,5,8,10-11,16-19,38H2,1-4,6-7H3,(H2,33,35)/b22-9-,34-28?/t21-,27-/m1/s1. The molecule has 2 aromatic rings. The van der Waals surface area contributed by atoms with E-state index in [1.165, 1.54) is 11.3 Å². The van der Waals surface area contributed by atoms with Gasteiger partial charge in [-0.3, -0.25) is 14.7 Å². The second kappa shape index (κ2) is 13.4. The molecule has 1 aliphatic rings. The normalized spacial score (nSPS) is 18.1. The fraction of sp³-hybridized carbons (Fsp3) is 0.469. The Labute approximate surface area is 231 Å². The molecule has 0 radical (unpaired) electrons. The number of hydrogen-bond donors (Lipinski definition) is 1. The van der Waals surface area contributed by atoms with E-state index in [0.717, 1.165) is 84.1 Å². The predicted octanol–water partition coefficient (Wildman–Crippen LogP) is 6.57. The van der Waals surface area contributed by atoms with E-state index in [1.807, 2.05) is 19.1 Å². The van der Waals surface area contributed by atoms with Crippen LogP contribution in [-0.2, 0) is 13.0 Å². The number of aliphatic imine (C=N–C) groups is 1. The SMILES string of the molecule is C=C(C)[C@@H](CC)N=C1CCN(Cc2ccc(-c3ccc(C(=O)[C@H](C)CC)c(CC)c3P)nc2N)C/C1=C/C. The molecule has 0 spiro atoms. The Kier molecular flexibility index (Phi) is 10.6. The minimum absolute atomic E-state index is 0.0167. The van der Waals surface area contributed by atoms with Crippen molar-refractivity contribution in [1.29, 1.82) is 0 Å². The molecule has 2 N–H and O–H groups in total. The van der Waals surface area contributed by atoms with Crippen molar-refractivity contribution in [2.45, 2.75) is 79.8 Å². The molecule has 6 heteroatoms. The quantitative estimate of drug-likeness (QED) is 0.213. The molecule has 1 aliphatic heterocycles. The summed E-state index contributed by atoms with van der Waals surface area (Å²) in [6.45, 7) is 19.1. The lowest BCUT2D eigenvalue weighted by Crippen LogP contribution is -2.36. The summed E-state index contributed by atoms with van der Waals surface area (Å²) in [6.07, 6.45) is 5.71. The molecule has 0 bridgehead atoms. The molecular formula is C32H45N4OP. The number of carbonyl (C=O) groups excluding carboxylic acids is 1. The number of allylic oxidation sites excluding steroid dienone is 1. The number of nitrogens with two attached hydrogens (primary N) is 1. The Morgan fingerprint density at radius 1 is 1.24 bits per heavy atom. The highest BCUT2D eigenvalue weighted by Crippen LogP contribution is 2.27. The molecule has 3 rings (SSSR count). The van der Waals surface area contributed by atoms with Crippen molar-refractivity contribution in [2.24, 2.45) is 10.9 Å². The van der Waals surface area contributed by atoms with Crippen molar-refractivity contribution in [3.8, 4) is 11.3 Å². The van der Waals surface area contributed by atoms with E-state index in [-0.39, 0.29) is 17.7 Å². The number of likely N-dealkylation sites (tertiary alicyclic amines) is 1. The zero-order valence-electron chi connectivity index (χ0n) is 24.1. The van der Waals surface area contributed by atoms with Crippen LogP contribution in [0.1, 0.15) is 82.3 Å². The Bertz CT molecular complexity index is 1250. The first-order chi connectivity index (χ1) is 18.1. The second-order valence-electron chi connectivity index (χ2n) is 10.4. The van der Waals surface area contributed by atoms with Crippen molar-refractivity contribution in [1.82, 2.24) is 9.88 Å². The number of nitrogen functional groups attached to an aromatic ring is 1. The number of nitrogens with zero attached hydrogens (tertiary/aromatic N) is 3. The van der Waals surface area contributed by atoms with Crippen LogP contribution in [0.5, 0.6) is 0 Å². The molecule has 2 heterocycles. The fourth-order valence-corrected chi connectivity index (χ4v) is 5.70. The van der Waals surface area contributed by atoms with Gasteiger partial charge in [0.15, 0.2) is 5.78 Å². The third kappa shape index (κ3) is 6.68. The first kappa shape index (κ1) is 29.9. The number of ketones is 1. The van der Waals surface area contributed by atoms with Gasteiger partial charge in [-0.1, -0.05) is 64.1 Å². The topological polar surface area (TPSA) is 71.6 Å². The number of carbonyl (C=O) groups is 1. The van der Waals surface area contributed by atoms with Crippen LogP contribution in [0, 0.1) is 5.92 Å². The third-order valence-corrected chi connectivity index (χ3v) is 8.42. The Morgan fingerprint density at radius 2 is 1.97 bits per heavy atom. The first-order valence-corrected chi connectivity index (χ1v) is 14.5. The number of piperidine rings is 1. The number of aromatic nitrogens is 1. The number of Topliss-reactive ketones (excluding diaryl/α,β-unsaturated/α-hetero) is 1. The van der Waals surface area contributed by atoms with Crippen molar-refractivity contribution < 1.29 is 4.79 Å². The van der Waals surface area contributed by atoms with Gasteiger partial charge in [0.2, 0.25) is 0 Å². The summed E-state index contributed by atoms with van der Waals surface area (Å²) in [6, 6.07) is 8.31. The molecule has 0 saturated carbocycles. The molecule has 0 amide bonds. The summed E-state index contributed by atoms with van der Waals surface area (Å²) in [5, 5.41) is 1.03. The maximum atomic E-state index is 12.9. The lowest BCUT2D eigenvalue weighted by molar-refractivity contribution is 0.0926. The highest BCUT2D eigenvalue weighted by Gasteiger charge is 2.23. The summed E-state index contributed by atoms with van der Waals surface area (Å²) in [4.78, 5) is 25.2. The predicted molar refractivity (Wildman–Crippen MR) is 167 cm³/mol. The van der Waals surface area contributed by atoms with Crippen LogP contribution in [0.4, 0.5) is 5.82 Å². The second-order valence-corrected chi connectivity index (χ2v) is 11.0. The average molecular weight is 533 g/mol. The van der Waals surface area contributed by atoms with Crippen LogP contribution in [0.25, 0.3) is 11.3 Å². The van der Waals surface area contributed by atoms with E-state index in [9.17, 15) is 4.79 Å². The summed E-state index contributed by atoms with van der Waals surface area (Å²) >= 11 is 0.